The highest BCUT2D eigenvalue weighted by molar-refractivity contribution is 7.80. The molecule has 1 heterocycles. The molecule has 0 amide bonds. The predicted octanol–water partition coefficient (Wildman–Crippen LogP) is -2.94. The van der Waals surface area contributed by atoms with Crippen LogP contribution in [0.3, 0.4) is 0 Å². The molecule has 0 saturated heterocycles. The normalized spacial score (nSPS) is 10.2. The zero-order valence-electron chi connectivity index (χ0n) is 7.62. The van der Waals surface area contributed by atoms with Crippen LogP contribution in [-0.4, -0.2) is 10.8 Å². The Balaban J connectivity index is 0.00000169. The quantitative estimate of drug-likeness (QED) is 0.325. The number of rotatable bonds is 2. The molecule has 0 fully saturated rings. The SMILES string of the molecule is C/C(=N\NC(N)=S)c1cccc[nH+]1.[Cl-]. The fourth-order valence-corrected chi connectivity index (χ4v) is 0.863. The van der Waals surface area contributed by atoms with Crippen LogP contribution >= 0.6 is 12.2 Å². The summed E-state index contributed by atoms with van der Waals surface area (Å²) in [5, 5.41) is 4.13. The van der Waals surface area contributed by atoms with Crippen molar-refractivity contribution in [1.82, 2.24) is 5.43 Å². The summed E-state index contributed by atoms with van der Waals surface area (Å²) in [4.78, 5) is 3.04. The van der Waals surface area contributed by atoms with Crippen molar-refractivity contribution in [2.45, 2.75) is 6.92 Å². The van der Waals surface area contributed by atoms with Gasteiger partial charge in [-0.2, -0.15) is 5.10 Å². The summed E-state index contributed by atoms with van der Waals surface area (Å²) in [5.41, 5.74) is 9.46. The van der Waals surface area contributed by atoms with Gasteiger partial charge in [0.25, 0.3) is 0 Å². The second-order valence-corrected chi connectivity index (χ2v) is 2.89. The summed E-state index contributed by atoms with van der Waals surface area (Å²) >= 11 is 4.61. The number of nitrogens with one attached hydrogen (secondary N) is 2. The fraction of sp³-hybridized carbons (Fsp3) is 0.125. The second kappa shape index (κ2) is 6.28. The number of hydrazone groups is 1. The van der Waals surface area contributed by atoms with Crippen LogP contribution in [0.25, 0.3) is 0 Å². The topological polar surface area (TPSA) is 64.5 Å². The maximum absolute atomic E-state index is 5.22. The Kier molecular flexibility index (Phi) is 5.74. The average Bonchev–Trinajstić information content (AvgIpc) is 2.15. The molecule has 0 aliphatic heterocycles. The Hall–Kier alpha value is -1.20. The minimum absolute atomic E-state index is 0. The number of hydrogen-bond acceptors (Lipinski definition) is 2. The average molecular weight is 231 g/mol. The Morgan fingerprint density at radius 2 is 2.29 bits per heavy atom. The molecule has 0 radical (unpaired) electrons. The van der Waals surface area contributed by atoms with Crippen LogP contribution in [0.2, 0.25) is 0 Å². The molecule has 0 aliphatic carbocycles. The van der Waals surface area contributed by atoms with Gasteiger partial charge in [0.1, 0.15) is 5.71 Å². The first kappa shape index (κ1) is 12.8. The molecule has 4 N–H and O–H groups in total. The molecule has 6 heteroatoms. The van der Waals surface area contributed by atoms with Gasteiger partial charge in [-0.15, -0.1) is 0 Å². The fourth-order valence-electron chi connectivity index (χ4n) is 0.818. The van der Waals surface area contributed by atoms with E-state index in [4.69, 9.17) is 5.73 Å². The van der Waals surface area contributed by atoms with Crippen molar-refractivity contribution in [2.75, 3.05) is 0 Å². The van der Waals surface area contributed by atoms with Crippen molar-refractivity contribution in [3.8, 4) is 0 Å². The van der Waals surface area contributed by atoms with Crippen LogP contribution in [-0.2, 0) is 0 Å². The van der Waals surface area contributed by atoms with Crippen molar-refractivity contribution in [1.29, 1.82) is 0 Å². The summed E-state index contributed by atoms with van der Waals surface area (Å²) in [6.45, 7) is 1.86. The largest absolute Gasteiger partial charge is 1.00 e. The molecule has 1 aromatic heterocycles. The Morgan fingerprint density at radius 1 is 1.57 bits per heavy atom. The van der Waals surface area contributed by atoms with Gasteiger partial charge in [-0.25, -0.2) is 4.98 Å². The molecule has 1 aromatic rings. The van der Waals surface area contributed by atoms with Crippen molar-refractivity contribution >= 4 is 23.0 Å². The molecule has 0 aliphatic rings. The smallest absolute Gasteiger partial charge is 0.226 e. The Labute approximate surface area is 94.0 Å². The van der Waals surface area contributed by atoms with Crippen molar-refractivity contribution < 1.29 is 17.4 Å². The van der Waals surface area contributed by atoms with Crippen LogP contribution in [0.1, 0.15) is 12.6 Å². The lowest BCUT2D eigenvalue weighted by Gasteiger charge is -1.96. The first-order valence-corrected chi connectivity index (χ1v) is 4.18. The standard InChI is InChI=1S/C8H10N4S.ClH/c1-6(11-12-8(9)13)7-4-2-3-5-10-7;/h2-5H,1H3,(H3,9,12,13);1H/b11-6+;. The van der Waals surface area contributed by atoms with E-state index in [1.165, 1.54) is 0 Å². The summed E-state index contributed by atoms with van der Waals surface area (Å²) in [5.74, 6) is 0. The van der Waals surface area contributed by atoms with E-state index in [2.05, 4.69) is 27.7 Å². The van der Waals surface area contributed by atoms with Crippen LogP contribution in [0.4, 0.5) is 0 Å². The number of nitrogens with zero attached hydrogens (tertiary/aromatic N) is 1. The van der Waals surface area contributed by atoms with E-state index in [1.807, 2.05) is 31.3 Å². The van der Waals surface area contributed by atoms with Gasteiger partial charge in [-0.3, -0.25) is 5.43 Å². The molecule has 0 aromatic carbocycles. The summed E-state index contributed by atoms with van der Waals surface area (Å²) in [7, 11) is 0. The number of aromatic amines is 1. The zero-order valence-corrected chi connectivity index (χ0v) is 9.19. The summed E-state index contributed by atoms with van der Waals surface area (Å²) in [6, 6.07) is 5.74. The number of nitrogens with two attached hydrogens (primary N) is 1. The van der Waals surface area contributed by atoms with Gasteiger partial charge in [0.15, 0.2) is 11.3 Å². The van der Waals surface area contributed by atoms with Gasteiger partial charge in [0, 0.05) is 12.1 Å². The molecule has 1 rings (SSSR count). The lowest BCUT2D eigenvalue weighted by Crippen LogP contribution is -3.00. The third-order valence-corrected chi connectivity index (χ3v) is 1.52. The van der Waals surface area contributed by atoms with E-state index in [-0.39, 0.29) is 17.5 Å². The number of hydrogen-bond donors (Lipinski definition) is 2. The lowest BCUT2D eigenvalue weighted by atomic mass is 10.3. The molecule has 0 saturated carbocycles. The van der Waals surface area contributed by atoms with Crippen molar-refractivity contribution in [2.24, 2.45) is 10.8 Å². The van der Waals surface area contributed by atoms with E-state index < -0.39 is 0 Å². The number of thiocarbonyl (C=S) groups is 1. The minimum Gasteiger partial charge on any atom is -1.00 e. The molecule has 4 nitrogen and oxygen atoms in total. The first-order chi connectivity index (χ1) is 6.20. The molecule has 14 heavy (non-hydrogen) atoms. The highest BCUT2D eigenvalue weighted by Crippen LogP contribution is 1.90. The molecule has 0 unspecified atom stereocenters. The van der Waals surface area contributed by atoms with E-state index >= 15 is 0 Å². The van der Waals surface area contributed by atoms with Crippen LogP contribution in [0.5, 0.6) is 0 Å². The Morgan fingerprint density at radius 3 is 2.79 bits per heavy atom. The molecule has 76 valence electrons. The summed E-state index contributed by atoms with van der Waals surface area (Å²) in [6.07, 6.45) is 1.83. The van der Waals surface area contributed by atoms with Crippen molar-refractivity contribution in [3.63, 3.8) is 0 Å². The molecular formula is C8H11ClN4S. The molecule has 0 atom stereocenters. The molecule has 0 spiro atoms. The number of halogens is 1. The first-order valence-electron chi connectivity index (χ1n) is 3.77. The third kappa shape index (κ3) is 4.15. The highest BCUT2D eigenvalue weighted by atomic mass is 35.5. The van der Waals surface area contributed by atoms with Gasteiger partial charge < -0.3 is 18.1 Å². The number of pyridine rings is 1. The monoisotopic (exact) mass is 230 g/mol. The lowest BCUT2D eigenvalue weighted by molar-refractivity contribution is -0.380. The van der Waals surface area contributed by atoms with Gasteiger partial charge in [0.05, 0.1) is 0 Å². The minimum atomic E-state index is 0. The van der Waals surface area contributed by atoms with Gasteiger partial charge in [-0.1, -0.05) is 0 Å². The van der Waals surface area contributed by atoms with Crippen LogP contribution < -0.4 is 28.6 Å². The van der Waals surface area contributed by atoms with E-state index in [0.717, 1.165) is 11.4 Å². The van der Waals surface area contributed by atoms with Gasteiger partial charge >= 0.3 is 0 Å². The number of aromatic nitrogens is 1. The molecule has 0 bridgehead atoms. The van der Waals surface area contributed by atoms with E-state index in [0.29, 0.717) is 0 Å². The zero-order chi connectivity index (χ0) is 9.68. The predicted molar refractivity (Wildman–Crippen MR) is 55.1 cm³/mol. The molecular weight excluding hydrogens is 220 g/mol. The van der Waals surface area contributed by atoms with E-state index in [9.17, 15) is 0 Å². The summed E-state index contributed by atoms with van der Waals surface area (Å²) < 4.78 is 0. The van der Waals surface area contributed by atoms with Crippen LogP contribution in [0.15, 0.2) is 29.5 Å². The maximum Gasteiger partial charge on any atom is 0.226 e. The van der Waals surface area contributed by atoms with Crippen molar-refractivity contribution in [3.05, 3.63) is 30.1 Å². The van der Waals surface area contributed by atoms with Crippen LogP contribution in [0, 0.1) is 0 Å². The third-order valence-electron chi connectivity index (χ3n) is 1.43. The second-order valence-electron chi connectivity index (χ2n) is 2.45. The van der Waals surface area contributed by atoms with Gasteiger partial charge in [0.2, 0.25) is 5.69 Å². The van der Waals surface area contributed by atoms with E-state index in [1.54, 1.807) is 0 Å². The Bertz CT molecular complexity index is 325. The number of H-pyrrole nitrogens is 1. The maximum atomic E-state index is 5.22. The highest BCUT2D eigenvalue weighted by Gasteiger charge is 2.02. The van der Waals surface area contributed by atoms with Gasteiger partial charge in [-0.05, 0) is 25.2 Å².